The lowest BCUT2D eigenvalue weighted by atomic mass is 9.86. The van der Waals surface area contributed by atoms with Gasteiger partial charge in [0.15, 0.2) is 0 Å². The van der Waals surface area contributed by atoms with Gasteiger partial charge in [-0.15, -0.1) is 0 Å². The maximum Gasteiger partial charge on any atom is 0.308 e. The predicted molar refractivity (Wildman–Crippen MR) is 78.2 cm³/mol. The molecule has 0 aromatic carbocycles. The average Bonchev–Trinajstić information content (AvgIpc) is 2.84. The zero-order chi connectivity index (χ0) is 14.1. The van der Waals surface area contributed by atoms with Crippen molar-refractivity contribution in [1.82, 2.24) is 14.8 Å². The molecule has 1 saturated carbocycles. The van der Waals surface area contributed by atoms with Gasteiger partial charge in [0.1, 0.15) is 4.60 Å². The first kappa shape index (κ1) is 13.5. The van der Waals surface area contributed by atoms with Gasteiger partial charge in [-0.2, -0.15) is 5.10 Å². The number of hydrogen-bond donors (Lipinski definition) is 0. The van der Waals surface area contributed by atoms with E-state index in [9.17, 15) is 4.79 Å². The Labute approximate surface area is 125 Å². The summed E-state index contributed by atoms with van der Waals surface area (Å²) in [6.45, 7) is 0. The predicted octanol–water partition coefficient (Wildman–Crippen LogP) is 3.10. The number of fused-ring (bicyclic) bond motifs is 1. The van der Waals surface area contributed by atoms with Gasteiger partial charge in [0.25, 0.3) is 0 Å². The second-order valence-corrected chi connectivity index (χ2v) is 5.92. The van der Waals surface area contributed by atoms with E-state index < -0.39 is 0 Å². The van der Waals surface area contributed by atoms with Crippen molar-refractivity contribution in [1.29, 1.82) is 0 Å². The number of esters is 1. The van der Waals surface area contributed by atoms with Crippen LogP contribution in [0.4, 0.5) is 0 Å². The molecule has 0 aliphatic heterocycles. The topological polar surface area (TPSA) is 57.0 Å². The SMILES string of the molecule is COC(=O)[C@H]1CCC[C@@H](n2nc(Br)c3cnccc32)C1. The number of nitrogens with zero attached hydrogens (tertiary/aromatic N) is 3. The molecule has 0 spiro atoms. The number of carbonyl (C=O) groups is 1. The lowest BCUT2D eigenvalue weighted by Crippen LogP contribution is -2.26. The van der Waals surface area contributed by atoms with Crippen LogP contribution in [-0.4, -0.2) is 27.8 Å². The summed E-state index contributed by atoms with van der Waals surface area (Å²) < 4.78 is 7.71. The van der Waals surface area contributed by atoms with Crippen LogP contribution in [0.1, 0.15) is 31.7 Å². The summed E-state index contributed by atoms with van der Waals surface area (Å²) in [5.74, 6) is -0.120. The second-order valence-electron chi connectivity index (χ2n) is 5.17. The van der Waals surface area contributed by atoms with Crippen LogP contribution in [-0.2, 0) is 9.53 Å². The molecule has 5 nitrogen and oxygen atoms in total. The molecule has 106 valence electrons. The molecule has 0 N–H and O–H groups in total. The standard InChI is InChI=1S/C14H16BrN3O2/c1-20-14(19)9-3-2-4-10(7-9)18-12-5-6-16-8-11(12)13(15)17-18/h5-6,8-10H,2-4,7H2,1H3/t9-,10+/m0/s1. The Morgan fingerprint density at radius 1 is 1.50 bits per heavy atom. The molecule has 2 atom stereocenters. The van der Waals surface area contributed by atoms with E-state index in [0.717, 1.165) is 41.2 Å². The summed E-state index contributed by atoms with van der Waals surface area (Å²) in [7, 11) is 1.46. The zero-order valence-electron chi connectivity index (χ0n) is 11.3. The maximum atomic E-state index is 11.7. The van der Waals surface area contributed by atoms with Crippen molar-refractivity contribution in [3.8, 4) is 0 Å². The van der Waals surface area contributed by atoms with Crippen LogP contribution in [0.25, 0.3) is 10.9 Å². The molecule has 0 amide bonds. The van der Waals surface area contributed by atoms with E-state index in [2.05, 4.69) is 26.0 Å². The Hall–Kier alpha value is -1.43. The fraction of sp³-hybridized carbons (Fsp3) is 0.500. The Morgan fingerprint density at radius 2 is 2.35 bits per heavy atom. The number of methoxy groups -OCH3 is 1. The molecule has 2 heterocycles. The highest BCUT2D eigenvalue weighted by atomic mass is 79.9. The van der Waals surface area contributed by atoms with Crippen molar-refractivity contribution in [2.75, 3.05) is 7.11 Å². The van der Waals surface area contributed by atoms with E-state index in [1.807, 2.05) is 16.9 Å². The Bertz CT molecular complexity index is 640. The van der Waals surface area contributed by atoms with Crippen LogP contribution >= 0.6 is 15.9 Å². The lowest BCUT2D eigenvalue weighted by Gasteiger charge is -2.28. The first-order valence-corrected chi connectivity index (χ1v) is 7.55. The summed E-state index contributed by atoms with van der Waals surface area (Å²) in [5.41, 5.74) is 1.06. The van der Waals surface area contributed by atoms with E-state index >= 15 is 0 Å². The summed E-state index contributed by atoms with van der Waals surface area (Å²) >= 11 is 3.48. The van der Waals surface area contributed by atoms with Gasteiger partial charge in [0.2, 0.25) is 0 Å². The molecule has 0 saturated heterocycles. The largest absolute Gasteiger partial charge is 0.469 e. The molecule has 0 radical (unpaired) electrons. The third-order valence-corrected chi connectivity index (χ3v) is 4.58. The highest BCUT2D eigenvalue weighted by Crippen LogP contribution is 2.36. The third-order valence-electron chi connectivity index (χ3n) is 3.99. The van der Waals surface area contributed by atoms with Crippen molar-refractivity contribution >= 4 is 32.8 Å². The van der Waals surface area contributed by atoms with Crippen molar-refractivity contribution in [3.63, 3.8) is 0 Å². The van der Waals surface area contributed by atoms with Gasteiger partial charge >= 0.3 is 5.97 Å². The summed E-state index contributed by atoms with van der Waals surface area (Å²) in [6, 6.07) is 2.21. The summed E-state index contributed by atoms with van der Waals surface area (Å²) in [6.07, 6.45) is 7.34. The monoisotopic (exact) mass is 337 g/mol. The van der Waals surface area contributed by atoms with Crippen molar-refractivity contribution in [3.05, 3.63) is 23.1 Å². The van der Waals surface area contributed by atoms with Gasteiger partial charge in [-0.1, -0.05) is 6.42 Å². The minimum atomic E-state index is -0.105. The van der Waals surface area contributed by atoms with Crippen molar-refractivity contribution < 1.29 is 9.53 Å². The van der Waals surface area contributed by atoms with Crippen LogP contribution < -0.4 is 0 Å². The van der Waals surface area contributed by atoms with Crippen LogP contribution in [0, 0.1) is 5.92 Å². The number of carbonyl (C=O) groups excluding carboxylic acids is 1. The van der Waals surface area contributed by atoms with Crippen molar-refractivity contribution in [2.24, 2.45) is 5.92 Å². The van der Waals surface area contributed by atoms with Crippen LogP contribution in [0.5, 0.6) is 0 Å². The highest BCUT2D eigenvalue weighted by molar-refractivity contribution is 9.10. The number of hydrogen-bond acceptors (Lipinski definition) is 4. The minimum Gasteiger partial charge on any atom is -0.469 e. The molecule has 0 unspecified atom stereocenters. The van der Waals surface area contributed by atoms with E-state index in [4.69, 9.17) is 4.74 Å². The number of halogens is 1. The minimum absolute atomic E-state index is 0.0152. The number of pyridine rings is 1. The van der Waals surface area contributed by atoms with Gasteiger partial charge in [-0.3, -0.25) is 14.5 Å². The third kappa shape index (κ3) is 2.32. The zero-order valence-corrected chi connectivity index (χ0v) is 12.8. The number of aromatic nitrogens is 3. The molecule has 6 heteroatoms. The smallest absolute Gasteiger partial charge is 0.308 e. The van der Waals surface area contributed by atoms with Crippen molar-refractivity contribution in [2.45, 2.75) is 31.7 Å². The summed E-state index contributed by atoms with van der Waals surface area (Å²) in [5, 5.41) is 5.58. The number of rotatable bonds is 2. The molecular formula is C14H16BrN3O2. The molecule has 2 aromatic rings. The molecule has 1 aliphatic carbocycles. The van der Waals surface area contributed by atoms with Gasteiger partial charge in [-0.25, -0.2) is 0 Å². The van der Waals surface area contributed by atoms with E-state index in [0.29, 0.717) is 0 Å². The van der Waals surface area contributed by atoms with Gasteiger partial charge in [0, 0.05) is 12.4 Å². The fourth-order valence-corrected chi connectivity index (χ4v) is 3.47. The molecule has 20 heavy (non-hydrogen) atoms. The Kier molecular flexibility index (Phi) is 3.74. The molecule has 1 aliphatic rings. The molecular weight excluding hydrogens is 322 g/mol. The molecule has 2 aromatic heterocycles. The maximum absolute atomic E-state index is 11.7. The lowest BCUT2D eigenvalue weighted by molar-refractivity contribution is -0.147. The molecule has 1 fully saturated rings. The fourth-order valence-electron chi connectivity index (χ4n) is 2.99. The molecule has 3 rings (SSSR count). The quantitative estimate of drug-likeness (QED) is 0.790. The van der Waals surface area contributed by atoms with Gasteiger partial charge < -0.3 is 4.74 Å². The van der Waals surface area contributed by atoms with Gasteiger partial charge in [-0.05, 0) is 41.3 Å². The first-order valence-electron chi connectivity index (χ1n) is 6.76. The normalized spacial score (nSPS) is 22.9. The molecule has 0 bridgehead atoms. The average molecular weight is 338 g/mol. The number of ether oxygens (including phenoxy) is 1. The Balaban J connectivity index is 1.93. The second kappa shape index (κ2) is 5.52. The van der Waals surface area contributed by atoms with E-state index in [-0.39, 0.29) is 17.9 Å². The first-order chi connectivity index (χ1) is 9.70. The van der Waals surface area contributed by atoms with Crippen LogP contribution in [0.15, 0.2) is 23.1 Å². The van der Waals surface area contributed by atoms with E-state index in [1.54, 1.807) is 6.20 Å². The van der Waals surface area contributed by atoms with Crippen LogP contribution in [0.2, 0.25) is 0 Å². The van der Waals surface area contributed by atoms with Crippen LogP contribution in [0.3, 0.4) is 0 Å². The van der Waals surface area contributed by atoms with Gasteiger partial charge in [0.05, 0.1) is 30.0 Å². The summed E-state index contributed by atoms with van der Waals surface area (Å²) in [4.78, 5) is 15.9. The Morgan fingerprint density at radius 3 is 3.15 bits per heavy atom. The highest BCUT2D eigenvalue weighted by Gasteiger charge is 2.30. The van der Waals surface area contributed by atoms with E-state index in [1.165, 1.54) is 7.11 Å².